The first-order valence-corrected chi connectivity index (χ1v) is 4.38. The predicted octanol–water partition coefficient (Wildman–Crippen LogP) is 1.78. The zero-order chi connectivity index (χ0) is 8.85. The summed E-state index contributed by atoms with van der Waals surface area (Å²) in [5, 5.41) is 2.75. The van der Waals surface area contributed by atoms with E-state index in [-0.39, 0.29) is 11.3 Å². The molecule has 0 bridgehead atoms. The number of likely N-dealkylation sites (N-methyl/N-ethyl adjacent to an activating group) is 1. The molecule has 0 aromatic rings. The van der Waals surface area contributed by atoms with E-state index in [1.807, 2.05) is 6.92 Å². The minimum absolute atomic E-state index is 0.165. The number of hydrogen-bond donors (Lipinski definition) is 1. The Balaban J connectivity index is 3.79. The minimum atomic E-state index is -0.277. The molecular formula is C8H16ClNO. The van der Waals surface area contributed by atoms with Crippen molar-refractivity contribution in [1.29, 1.82) is 0 Å². The van der Waals surface area contributed by atoms with Crippen LogP contribution < -0.4 is 5.32 Å². The van der Waals surface area contributed by atoms with Gasteiger partial charge in [-0.05, 0) is 30.5 Å². The molecule has 0 fully saturated rings. The first-order chi connectivity index (χ1) is 5.07. The Morgan fingerprint density at radius 1 is 1.55 bits per heavy atom. The van der Waals surface area contributed by atoms with Crippen LogP contribution >= 0.6 is 11.6 Å². The van der Waals surface area contributed by atoms with E-state index in [9.17, 15) is 4.79 Å². The highest BCUT2D eigenvalue weighted by molar-refractivity contribution is 6.64. The van der Waals surface area contributed by atoms with E-state index in [0.717, 1.165) is 13.0 Å². The lowest BCUT2D eigenvalue weighted by molar-refractivity contribution is -0.113. The number of nitrogens with one attached hydrogen (secondary N) is 1. The van der Waals surface area contributed by atoms with Gasteiger partial charge in [0, 0.05) is 0 Å². The monoisotopic (exact) mass is 177 g/mol. The standard InChI is InChI=1S/C8H16ClNO/c1-4-10-7(8(9)11)5-6(2)3/h6-7,10H,4-5H2,1-3H3. The lowest BCUT2D eigenvalue weighted by Gasteiger charge is -2.14. The zero-order valence-corrected chi connectivity index (χ0v) is 8.11. The predicted molar refractivity (Wildman–Crippen MR) is 47.8 cm³/mol. The summed E-state index contributed by atoms with van der Waals surface area (Å²) in [5.41, 5.74) is 0. The summed E-state index contributed by atoms with van der Waals surface area (Å²) in [6, 6.07) is -0.165. The third-order valence-corrected chi connectivity index (χ3v) is 1.70. The van der Waals surface area contributed by atoms with Gasteiger partial charge in [-0.2, -0.15) is 0 Å². The van der Waals surface area contributed by atoms with E-state index in [0.29, 0.717) is 5.92 Å². The molecule has 0 aliphatic rings. The smallest absolute Gasteiger partial charge is 0.238 e. The highest BCUT2D eigenvalue weighted by atomic mass is 35.5. The quantitative estimate of drug-likeness (QED) is 0.649. The maximum absolute atomic E-state index is 10.8. The van der Waals surface area contributed by atoms with Gasteiger partial charge in [0.2, 0.25) is 5.24 Å². The molecule has 11 heavy (non-hydrogen) atoms. The second-order valence-corrected chi connectivity index (χ2v) is 3.42. The molecular weight excluding hydrogens is 162 g/mol. The molecule has 0 aliphatic heterocycles. The maximum Gasteiger partial charge on any atom is 0.238 e. The molecule has 0 radical (unpaired) electrons. The molecule has 66 valence electrons. The van der Waals surface area contributed by atoms with Crippen molar-refractivity contribution < 1.29 is 4.79 Å². The molecule has 0 saturated carbocycles. The minimum Gasteiger partial charge on any atom is -0.307 e. The molecule has 2 nitrogen and oxygen atoms in total. The Morgan fingerprint density at radius 2 is 2.09 bits per heavy atom. The number of carbonyl (C=O) groups is 1. The molecule has 1 N–H and O–H groups in total. The molecule has 0 aliphatic carbocycles. The Hall–Kier alpha value is -0.0800. The van der Waals surface area contributed by atoms with Gasteiger partial charge in [0.15, 0.2) is 0 Å². The summed E-state index contributed by atoms with van der Waals surface area (Å²) in [6.07, 6.45) is 0.816. The summed E-state index contributed by atoms with van der Waals surface area (Å²) < 4.78 is 0. The van der Waals surface area contributed by atoms with Crippen LogP contribution in [0.2, 0.25) is 0 Å². The van der Waals surface area contributed by atoms with Crippen LogP contribution in [-0.4, -0.2) is 17.8 Å². The van der Waals surface area contributed by atoms with Crippen molar-refractivity contribution in [3.8, 4) is 0 Å². The molecule has 1 unspecified atom stereocenters. The second kappa shape index (κ2) is 5.56. The van der Waals surface area contributed by atoms with Crippen LogP contribution in [0.5, 0.6) is 0 Å². The van der Waals surface area contributed by atoms with E-state index in [1.54, 1.807) is 0 Å². The topological polar surface area (TPSA) is 29.1 Å². The van der Waals surface area contributed by atoms with E-state index >= 15 is 0 Å². The lowest BCUT2D eigenvalue weighted by Crippen LogP contribution is -2.35. The van der Waals surface area contributed by atoms with Gasteiger partial charge in [0.05, 0.1) is 6.04 Å². The van der Waals surface area contributed by atoms with Crippen molar-refractivity contribution in [1.82, 2.24) is 5.32 Å². The fraction of sp³-hybridized carbons (Fsp3) is 0.875. The molecule has 0 saturated heterocycles. The second-order valence-electron chi connectivity index (χ2n) is 3.04. The summed E-state index contributed by atoms with van der Waals surface area (Å²) in [7, 11) is 0. The number of carbonyl (C=O) groups excluding carboxylic acids is 1. The first kappa shape index (κ1) is 10.9. The van der Waals surface area contributed by atoms with Crippen LogP contribution in [0.4, 0.5) is 0 Å². The molecule has 3 heteroatoms. The summed E-state index contributed by atoms with van der Waals surface area (Å²) in [6.45, 7) is 6.90. The molecule has 0 spiro atoms. The van der Waals surface area contributed by atoms with Crippen LogP contribution in [0.25, 0.3) is 0 Å². The van der Waals surface area contributed by atoms with Gasteiger partial charge in [-0.1, -0.05) is 20.8 Å². The molecule has 1 atom stereocenters. The van der Waals surface area contributed by atoms with E-state index in [4.69, 9.17) is 11.6 Å². The van der Waals surface area contributed by atoms with Gasteiger partial charge >= 0.3 is 0 Å². The van der Waals surface area contributed by atoms with Gasteiger partial charge in [0.1, 0.15) is 0 Å². The number of rotatable bonds is 5. The summed E-state index contributed by atoms with van der Waals surface area (Å²) >= 11 is 5.37. The van der Waals surface area contributed by atoms with Crippen LogP contribution in [0.3, 0.4) is 0 Å². The molecule has 0 heterocycles. The van der Waals surface area contributed by atoms with Gasteiger partial charge in [0.25, 0.3) is 0 Å². The van der Waals surface area contributed by atoms with Crippen molar-refractivity contribution in [3.05, 3.63) is 0 Å². The highest BCUT2D eigenvalue weighted by Crippen LogP contribution is 2.06. The lowest BCUT2D eigenvalue weighted by atomic mass is 10.1. The molecule has 0 rings (SSSR count). The summed E-state index contributed by atoms with van der Waals surface area (Å²) in [4.78, 5) is 10.8. The average molecular weight is 178 g/mol. The number of halogens is 1. The van der Waals surface area contributed by atoms with Gasteiger partial charge in [-0.3, -0.25) is 4.79 Å². The number of hydrogen-bond acceptors (Lipinski definition) is 2. The van der Waals surface area contributed by atoms with Crippen molar-refractivity contribution in [2.45, 2.75) is 33.2 Å². The summed E-state index contributed by atoms with van der Waals surface area (Å²) in [5.74, 6) is 0.502. The van der Waals surface area contributed by atoms with Crippen molar-refractivity contribution in [3.63, 3.8) is 0 Å². The Bertz CT molecular complexity index is 125. The third kappa shape index (κ3) is 5.22. The first-order valence-electron chi connectivity index (χ1n) is 4.00. The fourth-order valence-corrected chi connectivity index (χ4v) is 1.14. The van der Waals surface area contributed by atoms with Crippen molar-refractivity contribution >= 4 is 16.8 Å². The molecule has 0 aromatic carbocycles. The van der Waals surface area contributed by atoms with Crippen LogP contribution in [0, 0.1) is 5.92 Å². The largest absolute Gasteiger partial charge is 0.307 e. The SMILES string of the molecule is CCNC(CC(C)C)C(=O)Cl. The average Bonchev–Trinajstić information content (AvgIpc) is 1.86. The van der Waals surface area contributed by atoms with Gasteiger partial charge in [-0.15, -0.1) is 0 Å². The Kier molecular flexibility index (Phi) is 5.51. The van der Waals surface area contributed by atoms with E-state index < -0.39 is 0 Å². The maximum atomic E-state index is 10.8. The Labute approximate surface area is 73.3 Å². The Morgan fingerprint density at radius 3 is 2.36 bits per heavy atom. The van der Waals surface area contributed by atoms with Crippen molar-refractivity contribution in [2.75, 3.05) is 6.54 Å². The highest BCUT2D eigenvalue weighted by Gasteiger charge is 2.15. The van der Waals surface area contributed by atoms with Gasteiger partial charge < -0.3 is 5.32 Å². The van der Waals surface area contributed by atoms with Crippen LogP contribution in [-0.2, 0) is 4.79 Å². The zero-order valence-electron chi connectivity index (χ0n) is 7.36. The van der Waals surface area contributed by atoms with E-state index in [1.165, 1.54) is 0 Å². The fourth-order valence-electron chi connectivity index (χ4n) is 0.974. The van der Waals surface area contributed by atoms with Crippen LogP contribution in [0.15, 0.2) is 0 Å². The van der Waals surface area contributed by atoms with Crippen molar-refractivity contribution in [2.24, 2.45) is 5.92 Å². The van der Waals surface area contributed by atoms with E-state index in [2.05, 4.69) is 19.2 Å². The normalized spacial score (nSPS) is 13.5. The third-order valence-electron chi connectivity index (χ3n) is 1.43. The molecule has 0 aromatic heterocycles. The van der Waals surface area contributed by atoms with Gasteiger partial charge in [-0.25, -0.2) is 0 Å². The molecule has 0 amide bonds. The van der Waals surface area contributed by atoms with Crippen LogP contribution in [0.1, 0.15) is 27.2 Å².